The van der Waals surface area contributed by atoms with Crippen molar-refractivity contribution in [3.8, 4) is 0 Å². The van der Waals surface area contributed by atoms with E-state index < -0.39 is 9.84 Å². The minimum Gasteiger partial charge on any atom is -0.316 e. The van der Waals surface area contributed by atoms with Crippen LogP contribution in [0.25, 0.3) is 0 Å². The van der Waals surface area contributed by atoms with Crippen LogP contribution in [0.5, 0.6) is 0 Å². The Morgan fingerprint density at radius 3 is 2.93 bits per heavy atom. The van der Waals surface area contributed by atoms with E-state index in [0.717, 1.165) is 19.5 Å². The SMILES string of the molecule is O=S(=O)(CC1CCNC1)c1cnccn1. The highest BCUT2D eigenvalue weighted by molar-refractivity contribution is 7.91. The van der Waals surface area contributed by atoms with Crippen molar-refractivity contribution in [2.45, 2.75) is 11.4 Å². The van der Waals surface area contributed by atoms with E-state index in [9.17, 15) is 8.42 Å². The van der Waals surface area contributed by atoms with Crippen LogP contribution >= 0.6 is 0 Å². The van der Waals surface area contributed by atoms with Gasteiger partial charge < -0.3 is 5.32 Å². The molecule has 5 nitrogen and oxygen atoms in total. The molecule has 1 aromatic heterocycles. The molecule has 1 fully saturated rings. The summed E-state index contributed by atoms with van der Waals surface area (Å²) in [7, 11) is -3.26. The molecule has 1 unspecified atom stereocenters. The van der Waals surface area contributed by atoms with Crippen molar-refractivity contribution in [1.82, 2.24) is 15.3 Å². The molecular weight excluding hydrogens is 214 g/mol. The maximum Gasteiger partial charge on any atom is 0.197 e. The zero-order valence-corrected chi connectivity index (χ0v) is 9.07. The number of aromatic nitrogens is 2. The van der Waals surface area contributed by atoms with Crippen molar-refractivity contribution in [2.24, 2.45) is 5.92 Å². The minimum atomic E-state index is -3.26. The quantitative estimate of drug-likeness (QED) is 0.778. The second-order valence-corrected chi connectivity index (χ2v) is 5.66. The van der Waals surface area contributed by atoms with Gasteiger partial charge in [0.05, 0.1) is 11.9 Å². The third-order valence-electron chi connectivity index (χ3n) is 2.48. The molecule has 15 heavy (non-hydrogen) atoms. The highest BCUT2D eigenvalue weighted by Gasteiger charge is 2.24. The highest BCUT2D eigenvalue weighted by atomic mass is 32.2. The van der Waals surface area contributed by atoms with Crippen LogP contribution in [0.2, 0.25) is 0 Å². The van der Waals surface area contributed by atoms with Gasteiger partial charge in [-0.25, -0.2) is 13.4 Å². The van der Waals surface area contributed by atoms with Crippen LogP contribution in [-0.4, -0.2) is 37.2 Å². The molecule has 1 atom stereocenters. The largest absolute Gasteiger partial charge is 0.316 e. The van der Waals surface area contributed by atoms with Crippen LogP contribution < -0.4 is 5.32 Å². The fourth-order valence-corrected chi connectivity index (χ4v) is 3.22. The molecular formula is C9H13N3O2S. The highest BCUT2D eigenvalue weighted by Crippen LogP contribution is 2.15. The number of hydrogen-bond donors (Lipinski definition) is 1. The number of sulfone groups is 1. The lowest BCUT2D eigenvalue weighted by Crippen LogP contribution is -2.19. The van der Waals surface area contributed by atoms with Gasteiger partial charge in [-0.1, -0.05) is 0 Å². The Labute approximate surface area is 88.9 Å². The van der Waals surface area contributed by atoms with Gasteiger partial charge in [0, 0.05) is 12.4 Å². The zero-order chi connectivity index (χ0) is 10.7. The van der Waals surface area contributed by atoms with Crippen LogP contribution in [0.15, 0.2) is 23.6 Å². The second-order valence-electron chi connectivity index (χ2n) is 3.68. The fraction of sp³-hybridized carbons (Fsp3) is 0.556. The van der Waals surface area contributed by atoms with E-state index in [2.05, 4.69) is 15.3 Å². The topological polar surface area (TPSA) is 72.0 Å². The lowest BCUT2D eigenvalue weighted by molar-refractivity contribution is 0.566. The van der Waals surface area contributed by atoms with Crippen LogP contribution in [-0.2, 0) is 9.84 Å². The second kappa shape index (κ2) is 4.24. The summed E-state index contributed by atoms with van der Waals surface area (Å²) in [5.41, 5.74) is 0. The molecule has 0 aliphatic carbocycles. The minimum absolute atomic E-state index is 0.0805. The summed E-state index contributed by atoms with van der Waals surface area (Å²) in [5, 5.41) is 3.23. The Balaban J connectivity index is 2.13. The summed E-state index contributed by atoms with van der Waals surface area (Å²) < 4.78 is 23.7. The summed E-state index contributed by atoms with van der Waals surface area (Å²) in [6, 6.07) is 0. The molecule has 1 aliphatic heterocycles. The summed E-state index contributed by atoms with van der Waals surface area (Å²) >= 11 is 0. The van der Waals surface area contributed by atoms with Gasteiger partial charge in [-0.3, -0.25) is 4.98 Å². The summed E-state index contributed by atoms with van der Waals surface area (Å²) in [4.78, 5) is 7.59. The maximum atomic E-state index is 11.9. The standard InChI is InChI=1S/C9H13N3O2S/c13-15(14,7-8-1-2-10-5-8)9-6-11-3-4-12-9/h3-4,6,8,10H,1-2,5,7H2. The third kappa shape index (κ3) is 2.51. The third-order valence-corrected chi connectivity index (χ3v) is 4.23. The zero-order valence-electron chi connectivity index (χ0n) is 8.26. The summed E-state index contributed by atoms with van der Waals surface area (Å²) in [6.45, 7) is 1.68. The molecule has 0 aromatic carbocycles. The van der Waals surface area contributed by atoms with Gasteiger partial charge in [0.1, 0.15) is 0 Å². The molecule has 82 valence electrons. The first-order valence-electron chi connectivity index (χ1n) is 4.88. The molecule has 0 amide bonds. The molecule has 0 bridgehead atoms. The van der Waals surface area contributed by atoms with Crippen molar-refractivity contribution < 1.29 is 8.42 Å². The Morgan fingerprint density at radius 2 is 2.33 bits per heavy atom. The van der Waals surface area contributed by atoms with Crippen molar-refractivity contribution in [3.63, 3.8) is 0 Å². The van der Waals surface area contributed by atoms with Gasteiger partial charge in [0.2, 0.25) is 0 Å². The van der Waals surface area contributed by atoms with Crippen LogP contribution in [0.1, 0.15) is 6.42 Å². The van der Waals surface area contributed by atoms with Gasteiger partial charge in [-0.2, -0.15) is 0 Å². The van der Waals surface area contributed by atoms with Crippen molar-refractivity contribution >= 4 is 9.84 Å². The first-order chi connectivity index (χ1) is 7.18. The average molecular weight is 227 g/mol. The van der Waals surface area contributed by atoms with E-state index in [1.54, 1.807) is 0 Å². The van der Waals surface area contributed by atoms with Crippen molar-refractivity contribution in [2.75, 3.05) is 18.8 Å². The molecule has 1 saturated heterocycles. The van der Waals surface area contributed by atoms with Gasteiger partial charge in [-0.15, -0.1) is 0 Å². The molecule has 6 heteroatoms. The lowest BCUT2D eigenvalue weighted by Gasteiger charge is -2.07. The number of rotatable bonds is 3. The molecule has 2 rings (SSSR count). The number of nitrogens with zero attached hydrogens (tertiary/aromatic N) is 2. The molecule has 0 saturated carbocycles. The molecule has 1 aliphatic rings. The monoisotopic (exact) mass is 227 g/mol. The van der Waals surface area contributed by atoms with Crippen molar-refractivity contribution in [1.29, 1.82) is 0 Å². The Kier molecular flexibility index (Phi) is 2.97. The van der Waals surface area contributed by atoms with Gasteiger partial charge in [0.15, 0.2) is 14.9 Å². The normalized spacial score (nSPS) is 21.7. The van der Waals surface area contributed by atoms with Crippen molar-refractivity contribution in [3.05, 3.63) is 18.6 Å². The molecule has 1 N–H and O–H groups in total. The van der Waals surface area contributed by atoms with E-state index in [-0.39, 0.29) is 16.7 Å². The Morgan fingerprint density at radius 1 is 1.47 bits per heavy atom. The van der Waals surface area contributed by atoms with Crippen LogP contribution in [0, 0.1) is 5.92 Å². The molecule has 1 aromatic rings. The van der Waals surface area contributed by atoms with E-state index in [1.807, 2.05) is 0 Å². The predicted octanol–water partition coefficient (Wildman–Crippen LogP) is -0.140. The lowest BCUT2D eigenvalue weighted by atomic mass is 10.2. The summed E-state index contributed by atoms with van der Waals surface area (Å²) in [5.74, 6) is 0.371. The molecule has 0 radical (unpaired) electrons. The van der Waals surface area contributed by atoms with E-state index >= 15 is 0 Å². The molecule has 2 heterocycles. The summed E-state index contributed by atoms with van der Waals surface area (Å²) in [6.07, 6.45) is 5.09. The fourth-order valence-electron chi connectivity index (χ4n) is 1.70. The van der Waals surface area contributed by atoms with E-state index in [0.29, 0.717) is 0 Å². The Bertz CT molecular complexity index is 412. The molecule has 0 spiro atoms. The average Bonchev–Trinajstić information content (AvgIpc) is 2.71. The van der Waals surface area contributed by atoms with Gasteiger partial charge in [-0.05, 0) is 25.4 Å². The maximum absolute atomic E-state index is 11.9. The van der Waals surface area contributed by atoms with Crippen LogP contribution in [0.4, 0.5) is 0 Å². The number of nitrogens with one attached hydrogen (secondary N) is 1. The Hall–Kier alpha value is -1.01. The van der Waals surface area contributed by atoms with E-state index in [4.69, 9.17) is 0 Å². The first-order valence-corrected chi connectivity index (χ1v) is 6.53. The van der Waals surface area contributed by atoms with Gasteiger partial charge >= 0.3 is 0 Å². The smallest absolute Gasteiger partial charge is 0.197 e. The number of hydrogen-bond acceptors (Lipinski definition) is 5. The predicted molar refractivity (Wildman–Crippen MR) is 55.1 cm³/mol. The van der Waals surface area contributed by atoms with Gasteiger partial charge in [0.25, 0.3) is 0 Å². The van der Waals surface area contributed by atoms with E-state index in [1.165, 1.54) is 18.6 Å². The first kappa shape index (κ1) is 10.5. The van der Waals surface area contributed by atoms with Crippen LogP contribution in [0.3, 0.4) is 0 Å².